The van der Waals surface area contributed by atoms with Crippen LogP contribution in [0.3, 0.4) is 0 Å². The van der Waals surface area contributed by atoms with Crippen LogP contribution < -0.4 is 0 Å². The predicted octanol–water partition coefficient (Wildman–Crippen LogP) is 2.60. The van der Waals surface area contributed by atoms with Crippen LogP contribution in [0.5, 0.6) is 0 Å². The number of alkyl halides is 3. The molecule has 2 aromatic rings. The first kappa shape index (κ1) is 14.0. The van der Waals surface area contributed by atoms with E-state index in [0.717, 1.165) is 12.1 Å². The molecule has 0 aliphatic rings. The number of rotatable bonds is 2. The minimum Gasteiger partial charge on any atom is -0.478 e. The summed E-state index contributed by atoms with van der Waals surface area (Å²) in [6.07, 6.45) is -4.76. The normalized spacial score (nSPS) is 11.7. The van der Waals surface area contributed by atoms with Crippen molar-refractivity contribution in [2.45, 2.75) is 20.0 Å². The average molecular weight is 285 g/mol. The van der Waals surface area contributed by atoms with Crippen LogP contribution in [0.4, 0.5) is 13.2 Å². The molecule has 0 saturated heterocycles. The van der Waals surface area contributed by atoms with Crippen LogP contribution in [0.1, 0.15) is 27.6 Å². The summed E-state index contributed by atoms with van der Waals surface area (Å²) in [5, 5.41) is 12.8. The van der Waals surface area contributed by atoms with E-state index in [2.05, 4.69) is 10.1 Å². The number of benzene rings is 1. The summed E-state index contributed by atoms with van der Waals surface area (Å²) >= 11 is 0. The summed E-state index contributed by atoms with van der Waals surface area (Å²) in [6, 6.07) is 2.93. The Kier molecular flexibility index (Phi) is 3.24. The number of halogens is 3. The van der Waals surface area contributed by atoms with Crippen molar-refractivity contribution >= 4 is 5.97 Å². The molecule has 1 aromatic carbocycles. The quantitative estimate of drug-likeness (QED) is 0.921. The number of carbonyl (C=O) groups is 1. The van der Waals surface area contributed by atoms with E-state index in [0.29, 0.717) is 11.6 Å². The summed E-state index contributed by atoms with van der Waals surface area (Å²) in [5.74, 6) is -0.799. The minimum absolute atomic E-state index is 0.112. The third-order valence-electron chi connectivity index (χ3n) is 2.66. The molecule has 1 N–H and O–H groups in total. The van der Waals surface area contributed by atoms with Gasteiger partial charge in [0.05, 0.1) is 16.8 Å². The molecule has 106 valence electrons. The van der Waals surface area contributed by atoms with Crippen molar-refractivity contribution < 1.29 is 23.1 Å². The standard InChI is InChI=1S/C12H10F3N3O2/c1-6-16-7(2)18(17-6)8-3-4-9(11(19)20)10(5-8)12(13,14)15/h3-5H,1-2H3,(H,19,20). The molecule has 0 radical (unpaired) electrons. The molecule has 0 atom stereocenters. The highest BCUT2D eigenvalue weighted by molar-refractivity contribution is 5.90. The maximum absolute atomic E-state index is 12.9. The van der Waals surface area contributed by atoms with Gasteiger partial charge in [-0.05, 0) is 32.0 Å². The highest BCUT2D eigenvalue weighted by Gasteiger charge is 2.35. The van der Waals surface area contributed by atoms with Gasteiger partial charge in [-0.25, -0.2) is 14.5 Å². The van der Waals surface area contributed by atoms with Crippen molar-refractivity contribution in [3.8, 4) is 5.69 Å². The van der Waals surface area contributed by atoms with Gasteiger partial charge >= 0.3 is 12.1 Å². The van der Waals surface area contributed by atoms with Crippen LogP contribution in [0.25, 0.3) is 5.69 Å². The number of aromatic nitrogens is 3. The van der Waals surface area contributed by atoms with Gasteiger partial charge in [-0.3, -0.25) is 0 Å². The van der Waals surface area contributed by atoms with Gasteiger partial charge in [-0.2, -0.15) is 18.3 Å². The molecule has 5 nitrogen and oxygen atoms in total. The molecule has 0 aliphatic carbocycles. The van der Waals surface area contributed by atoms with E-state index in [-0.39, 0.29) is 5.69 Å². The topological polar surface area (TPSA) is 68.0 Å². The molecule has 2 rings (SSSR count). The van der Waals surface area contributed by atoms with Gasteiger partial charge in [0, 0.05) is 0 Å². The molecule has 1 aromatic heterocycles. The van der Waals surface area contributed by atoms with Crippen LogP contribution in [0.2, 0.25) is 0 Å². The van der Waals surface area contributed by atoms with Crippen LogP contribution in [0, 0.1) is 13.8 Å². The number of carboxylic acid groups (broad SMARTS) is 1. The van der Waals surface area contributed by atoms with Crippen molar-refractivity contribution in [2.24, 2.45) is 0 Å². The lowest BCUT2D eigenvalue weighted by Gasteiger charge is -2.12. The maximum Gasteiger partial charge on any atom is 0.417 e. The molecule has 0 spiro atoms. The zero-order valence-electron chi connectivity index (χ0n) is 10.6. The number of nitrogens with zero attached hydrogens (tertiary/aromatic N) is 3. The Bertz CT molecular complexity index is 677. The SMILES string of the molecule is Cc1nc(C)n(-c2ccc(C(=O)O)c(C(F)(F)F)c2)n1. The van der Waals surface area contributed by atoms with Gasteiger partial charge < -0.3 is 5.11 Å². The van der Waals surface area contributed by atoms with Gasteiger partial charge in [0.1, 0.15) is 11.6 Å². The lowest BCUT2D eigenvalue weighted by Crippen LogP contribution is -2.14. The smallest absolute Gasteiger partial charge is 0.417 e. The summed E-state index contributed by atoms with van der Waals surface area (Å²) in [7, 11) is 0. The fraction of sp³-hybridized carbons (Fsp3) is 0.250. The van der Waals surface area contributed by atoms with Crippen LogP contribution in [0.15, 0.2) is 18.2 Å². The van der Waals surface area contributed by atoms with Gasteiger partial charge in [-0.15, -0.1) is 0 Å². The molecule has 1 heterocycles. The summed E-state index contributed by atoms with van der Waals surface area (Å²) in [4.78, 5) is 14.8. The van der Waals surface area contributed by atoms with Crippen molar-refractivity contribution in [2.75, 3.05) is 0 Å². The number of carboxylic acids is 1. The van der Waals surface area contributed by atoms with Crippen LogP contribution in [-0.2, 0) is 6.18 Å². The Labute approximate surface area is 111 Å². The van der Waals surface area contributed by atoms with Crippen molar-refractivity contribution in [1.29, 1.82) is 0 Å². The second-order valence-electron chi connectivity index (χ2n) is 4.15. The molecular weight excluding hydrogens is 275 g/mol. The monoisotopic (exact) mass is 285 g/mol. The molecule has 0 aliphatic heterocycles. The van der Waals surface area contributed by atoms with Gasteiger partial charge in [0.25, 0.3) is 0 Å². The van der Waals surface area contributed by atoms with Crippen molar-refractivity contribution in [1.82, 2.24) is 14.8 Å². The predicted molar refractivity (Wildman–Crippen MR) is 62.8 cm³/mol. The molecule has 8 heteroatoms. The number of aryl methyl sites for hydroxylation is 2. The van der Waals surface area contributed by atoms with E-state index in [1.807, 2.05) is 0 Å². The number of hydrogen-bond donors (Lipinski definition) is 1. The average Bonchev–Trinajstić information content (AvgIpc) is 2.66. The van der Waals surface area contributed by atoms with E-state index in [4.69, 9.17) is 5.11 Å². The largest absolute Gasteiger partial charge is 0.478 e. The van der Waals surface area contributed by atoms with E-state index in [1.54, 1.807) is 13.8 Å². The molecule has 0 amide bonds. The highest BCUT2D eigenvalue weighted by Crippen LogP contribution is 2.33. The van der Waals surface area contributed by atoms with E-state index in [1.165, 1.54) is 10.7 Å². The third kappa shape index (κ3) is 2.49. The van der Waals surface area contributed by atoms with E-state index in [9.17, 15) is 18.0 Å². The van der Waals surface area contributed by atoms with Gasteiger partial charge in [0.2, 0.25) is 0 Å². The Morgan fingerprint density at radius 3 is 2.40 bits per heavy atom. The Balaban J connectivity index is 2.64. The second kappa shape index (κ2) is 4.62. The fourth-order valence-electron chi connectivity index (χ4n) is 1.85. The van der Waals surface area contributed by atoms with Crippen molar-refractivity contribution in [3.05, 3.63) is 41.0 Å². The third-order valence-corrected chi connectivity index (χ3v) is 2.66. The lowest BCUT2D eigenvalue weighted by atomic mass is 10.1. The molecule has 0 unspecified atom stereocenters. The van der Waals surface area contributed by atoms with Gasteiger partial charge in [-0.1, -0.05) is 0 Å². The van der Waals surface area contributed by atoms with Crippen molar-refractivity contribution in [3.63, 3.8) is 0 Å². The lowest BCUT2D eigenvalue weighted by molar-refractivity contribution is -0.138. The Hall–Kier alpha value is -2.38. The Morgan fingerprint density at radius 1 is 1.30 bits per heavy atom. The van der Waals surface area contributed by atoms with Gasteiger partial charge in [0.15, 0.2) is 0 Å². The summed E-state index contributed by atoms with van der Waals surface area (Å²) < 4.78 is 39.9. The van der Waals surface area contributed by atoms with Crippen LogP contribution >= 0.6 is 0 Å². The summed E-state index contributed by atoms with van der Waals surface area (Å²) in [6.45, 7) is 3.21. The molecule has 0 fully saturated rings. The Morgan fingerprint density at radius 2 is 1.95 bits per heavy atom. The molecule has 0 saturated carbocycles. The molecular formula is C12H10F3N3O2. The van der Waals surface area contributed by atoms with E-state index < -0.39 is 23.3 Å². The number of hydrogen-bond acceptors (Lipinski definition) is 3. The highest BCUT2D eigenvalue weighted by atomic mass is 19.4. The zero-order valence-corrected chi connectivity index (χ0v) is 10.6. The first-order chi connectivity index (χ1) is 9.20. The minimum atomic E-state index is -4.76. The second-order valence-corrected chi connectivity index (χ2v) is 4.15. The zero-order chi connectivity index (χ0) is 15.1. The first-order valence-corrected chi connectivity index (χ1v) is 5.55. The van der Waals surface area contributed by atoms with E-state index >= 15 is 0 Å². The summed E-state index contributed by atoms with van der Waals surface area (Å²) in [5.41, 5.74) is -1.90. The van der Waals surface area contributed by atoms with Crippen LogP contribution in [-0.4, -0.2) is 25.8 Å². The fourth-order valence-corrected chi connectivity index (χ4v) is 1.85. The molecule has 0 bridgehead atoms. The first-order valence-electron chi connectivity index (χ1n) is 5.55. The molecule has 20 heavy (non-hydrogen) atoms. The number of aromatic carboxylic acids is 1. The maximum atomic E-state index is 12.9.